The van der Waals surface area contributed by atoms with Gasteiger partial charge >= 0.3 is 6.36 Å². The molecule has 0 bridgehead atoms. The van der Waals surface area contributed by atoms with Gasteiger partial charge in [0.2, 0.25) is 0 Å². The third-order valence-corrected chi connectivity index (χ3v) is 2.02. The lowest BCUT2D eigenvalue weighted by atomic mass is 10.1. The maximum atomic E-state index is 12.1. The van der Waals surface area contributed by atoms with Crippen molar-refractivity contribution in [2.75, 3.05) is 5.88 Å². The van der Waals surface area contributed by atoms with Crippen LogP contribution in [0.4, 0.5) is 13.2 Å². The Hall–Kier alpha value is -1.43. The number of para-hydroxylation sites is 1. The van der Waals surface area contributed by atoms with Crippen LogP contribution in [-0.4, -0.2) is 23.1 Å². The van der Waals surface area contributed by atoms with Gasteiger partial charge < -0.3 is 9.84 Å². The molecule has 7 heteroatoms. The minimum atomic E-state index is -4.98. The van der Waals surface area contributed by atoms with Gasteiger partial charge in [-0.1, -0.05) is 6.07 Å². The molecule has 94 valence electrons. The second-order valence-corrected chi connectivity index (χ2v) is 3.44. The molecule has 17 heavy (non-hydrogen) atoms. The van der Waals surface area contributed by atoms with E-state index in [1.54, 1.807) is 0 Å². The van der Waals surface area contributed by atoms with Crippen LogP contribution in [0.5, 0.6) is 11.5 Å². The number of Topliss-reactive ketones (excluding diaryl/α,β-unsaturated/α-hetero) is 1. The molecule has 0 spiro atoms. The molecule has 0 unspecified atom stereocenters. The van der Waals surface area contributed by atoms with Crippen LogP contribution in [0.25, 0.3) is 0 Å². The molecule has 0 fully saturated rings. The topological polar surface area (TPSA) is 46.5 Å². The van der Waals surface area contributed by atoms with Gasteiger partial charge in [0.05, 0.1) is 5.56 Å². The van der Waals surface area contributed by atoms with Crippen LogP contribution in [-0.2, 0) is 0 Å². The fraction of sp³-hybridized carbons (Fsp3) is 0.300. The number of ketones is 1. The molecule has 0 aliphatic rings. The van der Waals surface area contributed by atoms with E-state index in [0.717, 1.165) is 12.1 Å². The molecular weight excluding hydrogens is 261 g/mol. The molecule has 0 saturated carbocycles. The molecule has 0 amide bonds. The SMILES string of the molecule is O=C(CCCl)c1cccc(O)c1OC(F)(F)F. The largest absolute Gasteiger partial charge is 0.573 e. The third kappa shape index (κ3) is 3.81. The molecule has 0 aliphatic heterocycles. The summed E-state index contributed by atoms with van der Waals surface area (Å²) in [6, 6.07) is 3.38. The number of aromatic hydroxyl groups is 1. The Morgan fingerprint density at radius 2 is 2.06 bits per heavy atom. The van der Waals surface area contributed by atoms with Gasteiger partial charge in [0.25, 0.3) is 0 Å². The van der Waals surface area contributed by atoms with Gasteiger partial charge in [-0.3, -0.25) is 4.79 Å². The molecule has 1 N–H and O–H groups in total. The number of hydrogen-bond acceptors (Lipinski definition) is 3. The van der Waals surface area contributed by atoms with E-state index in [9.17, 15) is 23.1 Å². The van der Waals surface area contributed by atoms with Gasteiger partial charge in [-0.15, -0.1) is 24.8 Å². The number of hydrogen-bond donors (Lipinski definition) is 1. The lowest BCUT2D eigenvalue weighted by Gasteiger charge is -2.13. The smallest absolute Gasteiger partial charge is 0.504 e. The predicted octanol–water partition coefficient (Wildman–Crippen LogP) is 3.10. The Balaban J connectivity index is 3.13. The fourth-order valence-corrected chi connectivity index (χ4v) is 1.36. The first-order valence-electron chi connectivity index (χ1n) is 4.52. The molecule has 0 heterocycles. The maximum absolute atomic E-state index is 12.1. The first-order chi connectivity index (χ1) is 7.85. The second kappa shape index (κ2) is 5.27. The number of ether oxygens (including phenoxy) is 1. The number of benzene rings is 1. The van der Waals surface area contributed by atoms with Crippen molar-refractivity contribution in [1.82, 2.24) is 0 Å². The summed E-state index contributed by atoms with van der Waals surface area (Å²) in [5.74, 6) is -2.30. The first-order valence-corrected chi connectivity index (χ1v) is 5.05. The van der Waals surface area contributed by atoms with E-state index in [1.807, 2.05) is 0 Å². The van der Waals surface area contributed by atoms with Crippen molar-refractivity contribution in [3.63, 3.8) is 0 Å². The Kier molecular flexibility index (Phi) is 4.22. The first kappa shape index (κ1) is 13.6. The van der Waals surface area contributed by atoms with Crippen molar-refractivity contribution in [2.24, 2.45) is 0 Å². The van der Waals surface area contributed by atoms with Crippen molar-refractivity contribution in [2.45, 2.75) is 12.8 Å². The number of carbonyl (C=O) groups is 1. The highest BCUT2D eigenvalue weighted by atomic mass is 35.5. The van der Waals surface area contributed by atoms with Crippen molar-refractivity contribution >= 4 is 17.4 Å². The van der Waals surface area contributed by atoms with Crippen LogP contribution in [0.2, 0.25) is 0 Å². The summed E-state index contributed by atoms with van der Waals surface area (Å²) in [5.41, 5.74) is -0.344. The summed E-state index contributed by atoms with van der Waals surface area (Å²) < 4.78 is 39.9. The Morgan fingerprint density at radius 1 is 1.41 bits per heavy atom. The maximum Gasteiger partial charge on any atom is 0.573 e. The normalized spacial score (nSPS) is 11.3. The molecule has 0 radical (unpaired) electrons. The van der Waals surface area contributed by atoms with Crippen LogP contribution >= 0.6 is 11.6 Å². The van der Waals surface area contributed by atoms with E-state index >= 15 is 0 Å². The van der Waals surface area contributed by atoms with Crippen LogP contribution in [0.3, 0.4) is 0 Å². The zero-order valence-corrected chi connectivity index (χ0v) is 9.18. The Bertz CT molecular complexity index is 418. The minimum absolute atomic E-state index is 0.0278. The van der Waals surface area contributed by atoms with Crippen LogP contribution < -0.4 is 4.74 Å². The molecular formula is C10H8ClF3O3. The van der Waals surface area contributed by atoms with Gasteiger partial charge in [0, 0.05) is 12.3 Å². The summed E-state index contributed by atoms with van der Waals surface area (Å²) in [7, 11) is 0. The van der Waals surface area contributed by atoms with E-state index < -0.39 is 23.6 Å². The van der Waals surface area contributed by atoms with Gasteiger partial charge in [-0.05, 0) is 12.1 Å². The van der Waals surface area contributed by atoms with Crippen molar-refractivity contribution in [1.29, 1.82) is 0 Å². The molecule has 0 saturated heterocycles. The van der Waals surface area contributed by atoms with Crippen LogP contribution in [0, 0.1) is 0 Å². The number of alkyl halides is 4. The summed E-state index contributed by atoms with van der Waals surface area (Å²) in [6.45, 7) is 0. The highest BCUT2D eigenvalue weighted by molar-refractivity contribution is 6.19. The van der Waals surface area contributed by atoms with Crippen LogP contribution in [0.1, 0.15) is 16.8 Å². The van der Waals surface area contributed by atoms with E-state index in [0.29, 0.717) is 0 Å². The average Bonchev–Trinajstić information content (AvgIpc) is 2.19. The highest BCUT2D eigenvalue weighted by Crippen LogP contribution is 2.35. The Labute approximate surface area is 99.8 Å². The van der Waals surface area contributed by atoms with E-state index in [-0.39, 0.29) is 17.9 Å². The fourth-order valence-electron chi connectivity index (χ4n) is 1.19. The van der Waals surface area contributed by atoms with E-state index in [1.165, 1.54) is 6.07 Å². The number of phenols is 1. The van der Waals surface area contributed by atoms with Crippen molar-refractivity contribution in [3.8, 4) is 11.5 Å². The molecule has 0 atom stereocenters. The number of rotatable bonds is 4. The van der Waals surface area contributed by atoms with Crippen molar-refractivity contribution < 1.29 is 27.8 Å². The molecule has 3 nitrogen and oxygen atoms in total. The molecule has 0 aromatic heterocycles. The lowest BCUT2D eigenvalue weighted by Crippen LogP contribution is -2.19. The van der Waals surface area contributed by atoms with E-state index in [2.05, 4.69) is 4.74 Å². The average molecular weight is 269 g/mol. The minimum Gasteiger partial charge on any atom is -0.504 e. The van der Waals surface area contributed by atoms with Gasteiger partial charge in [0.15, 0.2) is 17.3 Å². The molecule has 1 aromatic carbocycles. The molecule has 0 aliphatic carbocycles. The van der Waals surface area contributed by atoms with Crippen molar-refractivity contribution in [3.05, 3.63) is 23.8 Å². The standard InChI is InChI=1S/C10H8ClF3O3/c11-5-4-7(15)6-2-1-3-8(16)9(6)17-10(12,13)14/h1-3,16H,4-5H2. The number of phenolic OH excluding ortho intramolecular Hbond substituents is 1. The lowest BCUT2D eigenvalue weighted by molar-refractivity contribution is -0.275. The molecule has 1 rings (SSSR count). The molecule has 1 aromatic rings. The summed E-state index contributed by atoms with van der Waals surface area (Å²) >= 11 is 5.33. The zero-order valence-electron chi connectivity index (χ0n) is 8.42. The van der Waals surface area contributed by atoms with Crippen LogP contribution in [0.15, 0.2) is 18.2 Å². The third-order valence-electron chi connectivity index (χ3n) is 1.83. The predicted molar refractivity (Wildman–Crippen MR) is 54.5 cm³/mol. The summed E-state index contributed by atoms with van der Waals surface area (Å²) in [4.78, 5) is 11.5. The van der Waals surface area contributed by atoms with Gasteiger partial charge in [0.1, 0.15) is 0 Å². The monoisotopic (exact) mass is 268 g/mol. The quantitative estimate of drug-likeness (QED) is 0.674. The summed E-state index contributed by atoms with van der Waals surface area (Å²) in [5, 5.41) is 9.26. The second-order valence-electron chi connectivity index (χ2n) is 3.06. The highest BCUT2D eigenvalue weighted by Gasteiger charge is 2.34. The van der Waals surface area contributed by atoms with Gasteiger partial charge in [-0.25, -0.2) is 0 Å². The number of halogens is 4. The summed E-state index contributed by atoms with van der Waals surface area (Å²) in [6.07, 6.45) is -5.12. The zero-order chi connectivity index (χ0) is 13.1. The van der Waals surface area contributed by atoms with E-state index in [4.69, 9.17) is 11.6 Å². The van der Waals surface area contributed by atoms with Gasteiger partial charge in [-0.2, -0.15) is 0 Å². The number of carbonyl (C=O) groups excluding carboxylic acids is 1. The Morgan fingerprint density at radius 3 is 2.59 bits per heavy atom.